The average molecular weight is 370 g/mol. The van der Waals surface area contributed by atoms with Crippen molar-refractivity contribution >= 4 is 0 Å². The van der Waals surface area contributed by atoms with Crippen LogP contribution in [0.2, 0.25) is 0 Å². The van der Waals surface area contributed by atoms with E-state index in [0.717, 1.165) is 47.8 Å². The molecule has 0 fully saturated rings. The quantitative estimate of drug-likeness (QED) is 0.580. The Labute approximate surface area is 162 Å². The van der Waals surface area contributed by atoms with E-state index in [1.54, 1.807) is 24.9 Å². The van der Waals surface area contributed by atoms with Crippen molar-refractivity contribution in [3.05, 3.63) is 89.6 Å². The van der Waals surface area contributed by atoms with E-state index >= 15 is 0 Å². The molecule has 1 N–H and O–H groups in total. The van der Waals surface area contributed by atoms with Crippen molar-refractivity contribution in [2.24, 2.45) is 0 Å². The summed E-state index contributed by atoms with van der Waals surface area (Å²) in [6, 6.07) is 15.5. The molecule has 0 amide bonds. The first-order valence-electron chi connectivity index (χ1n) is 9.20. The summed E-state index contributed by atoms with van der Waals surface area (Å²) in [7, 11) is 0. The van der Waals surface area contributed by atoms with Gasteiger partial charge in [-0.3, -0.25) is 4.90 Å². The van der Waals surface area contributed by atoms with Gasteiger partial charge in [-0.1, -0.05) is 12.1 Å². The number of rotatable bonds is 4. The SMILES string of the molecule is N#Cc1ccccc1-c1ccc(C2c3nc[nH]c3CCN2Cc2ccoc2)o1. The first kappa shape index (κ1) is 16.6. The Morgan fingerprint density at radius 2 is 2.14 bits per heavy atom. The normalized spacial score (nSPS) is 16.6. The third kappa shape index (κ3) is 2.82. The molecule has 0 aliphatic carbocycles. The summed E-state index contributed by atoms with van der Waals surface area (Å²) in [5.41, 5.74) is 4.65. The van der Waals surface area contributed by atoms with Crippen LogP contribution in [0.4, 0.5) is 0 Å². The Hall–Kier alpha value is -3.56. The molecule has 0 radical (unpaired) electrons. The van der Waals surface area contributed by atoms with Crippen molar-refractivity contribution in [2.75, 3.05) is 6.54 Å². The number of fused-ring (bicyclic) bond motifs is 1. The molecular formula is C22H18N4O2. The molecule has 1 aliphatic rings. The predicted molar refractivity (Wildman–Crippen MR) is 102 cm³/mol. The third-order valence-corrected chi connectivity index (χ3v) is 5.20. The van der Waals surface area contributed by atoms with Gasteiger partial charge in [-0.15, -0.1) is 0 Å². The van der Waals surface area contributed by atoms with E-state index in [4.69, 9.17) is 8.83 Å². The number of aromatic amines is 1. The molecule has 4 aromatic rings. The van der Waals surface area contributed by atoms with Crippen molar-refractivity contribution in [3.63, 3.8) is 0 Å². The van der Waals surface area contributed by atoms with Gasteiger partial charge in [0.05, 0.1) is 36.2 Å². The topological polar surface area (TPSA) is 82.0 Å². The highest BCUT2D eigenvalue weighted by Gasteiger charge is 2.33. The van der Waals surface area contributed by atoms with Crippen molar-refractivity contribution in [1.29, 1.82) is 5.26 Å². The van der Waals surface area contributed by atoms with Crippen LogP contribution in [0.15, 0.2) is 70.2 Å². The number of furan rings is 2. The first-order valence-corrected chi connectivity index (χ1v) is 9.20. The molecular weight excluding hydrogens is 352 g/mol. The second-order valence-corrected chi connectivity index (χ2v) is 6.88. The lowest BCUT2D eigenvalue weighted by atomic mass is 10.00. The molecule has 0 saturated carbocycles. The first-order chi connectivity index (χ1) is 13.8. The molecule has 1 atom stereocenters. The van der Waals surface area contributed by atoms with Gasteiger partial charge in [0.25, 0.3) is 0 Å². The lowest BCUT2D eigenvalue weighted by Crippen LogP contribution is -2.35. The van der Waals surface area contributed by atoms with Gasteiger partial charge in [0, 0.05) is 36.3 Å². The van der Waals surface area contributed by atoms with Crippen LogP contribution in [0.1, 0.15) is 34.3 Å². The Balaban J connectivity index is 1.54. The number of nitrogens with one attached hydrogen (secondary N) is 1. The van der Waals surface area contributed by atoms with E-state index in [0.29, 0.717) is 11.3 Å². The van der Waals surface area contributed by atoms with E-state index in [2.05, 4.69) is 20.9 Å². The number of benzene rings is 1. The lowest BCUT2D eigenvalue weighted by molar-refractivity contribution is 0.179. The fraction of sp³-hybridized carbons (Fsp3) is 0.182. The minimum Gasteiger partial charge on any atom is -0.472 e. The van der Waals surface area contributed by atoms with Gasteiger partial charge in [0.1, 0.15) is 17.6 Å². The van der Waals surface area contributed by atoms with E-state index in [1.807, 2.05) is 36.4 Å². The molecule has 1 aliphatic heterocycles. The smallest absolute Gasteiger partial charge is 0.135 e. The number of nitrogens with zero attached hydrogens (tertiary/aromatic N) is 3. The van der Waals surface area contributed by atoms with Crippen molar-refractivity contribution < 1.29 is 8.83 Å². The Morgan fingerprint density at radius 3 is 3.00 bits per heavy atom. The molecule has 1 aromatic carbocycles. The minimum atomic E-state index is -0.0899. The highest BCUT2D eigenvalue weighted by Crippen LogP contribution is 2.37. The Kier molecular flexibility index (Phi) is 4.08. The molecule has 0 spiro atoms. The largest absolute Gasteiger partial charge is 0.472 e. The number of hydrogen-bond acceptors (Lipinski definition) is 5. The predicted octanol–water partition coefficient (Wildman–Crippen LogP) is 4.28. The summed E-state index contributed by atoms with van der Waals surface area (Å²) >= 11 is 0. The summed E-state index contributed by atoms with van der Waals surface area (Å²) in [4.78, 5) is 10.2. The van der Waals surface area contributed by atoms with E-state index in [-0.39, 0.29) is 6.04 Å². The van der Waals surface area contributed by atoms with Crippen LogP contribution < -0.4 is 0 Å². The molecule has 1 unspecified atom stereocenters. The van der Waals surface area contributed by atoms with Crippen LogP contribution in [-0.4, -0.2) is 21.4 Å². The monoisotopic (exact) mass is 370 g/mol. The fourth-order valence-electron chi connectivity index (χ4n) is 3.87. The second-order valence-electron chi connectivity index (χ2n) is 6.88. The zero-order chi connectivity index (χ0) is 18.9. The fourth-order valence-corrected chi connectivity index (χ4v) is 3.87. The maximum absolute atomic E-state index is 9.40. The molecule has 6 nitrogen and oxygen atoms in total. The molecule has 3 aromatic heterocycles. The lowest BCUT2D eigenvalue weighted by Gasteiger charge is -2.33. The van der Waals surface area contributed by atoms with Gasteiger partial charge in [-0.25, -0.2) is 4.98 Å². The van der Waals surface area contributed by atoms with Crippen molar-refractivity contribution in [2.45, 2.75) is 19.0 Å². The highest BCUT2D eigenvalue weighted by molar-refractivity contribution is 5.66. The van der Waals surface area contributed by atoms with Crippen molar-refractivity contribution in [1.82, 2.24) is 14.9 Å². The van der Waals surface area contributed by atoms with Crippen LogP contribution in [0, 0.1) is 11.3 Å². The summed E-state index contributed by atoms with van der Waals surface area (Å²) in [5, 5.41) is 9.40. The maximum atomic E-state index is 9.40. The molecule has 138 valence electrons. The van der Waals surface area contributed by atoms with Crippen LogP contribution in [0.25, 0.3) is 11.3 Å². The van der Waals surface area contributed by atoms with Gasteiger partial charge in [0.15, 0.2) is 0 Å². The van der Waals surface area contributed by atoms with Gasteiger partial charge >= 0.3 is 0 Å². The van der Waals surface area contributed by atoms with E-state index in [9.17, 15) is 5.26 Å². The zero-order valence-electron chi connectivity index (χ0n) is 15.1. The Morgan fingerprint density at radius 1 is 1.21 bits per heavy atom. The zero-order valence-corrected chi connectivity index (χ0v) is 15.1. The van der Waals surface area contributed by atoms with Gasteiger partial charge in [-0.05, 0) is 30.3 Å². The average Bonchev–Trinajstić information content (AvgIpc) is 3.49. The maximum Gasteiger partial charge on any atom is 0.135 e. The van der Waals surface area contributed by atoms with Crippen molar-refractivity contribution in [3.8, 4) is 17.4 Å². The molecule has 0 bridgehead atoms. The van der Waals surface area contributed by atoms with Crippen LogP contribution in [0.5, 0.6) is 0 Å². The number of imidazole rings is 1. The van der Waals surface area contributed by atoms with Crippen LogP contribution >= 0.6 is 0 Å². The van der Waals surface area contributed by atoms with Crippen LogP contribution in [-0.2, 0) is 13.0 Å². The molecule has 0 saturated heterocycles. The number of H-pyrrole nitrogens is 1. The number of nitriles is 1. The van der Waals surface area contributed by atoms with E-state index in [1.165, 1.54) is 0 Å². The van der Waals surface area contributed by atoms with Gasteiger partial charge < -0.3 is 13.8 Å². The number of aromatic nitrogens is 2. The summed E-state index contributed by atoms with van der Waals surface area (Å²) in [5.74, 6) is 1.51. The molecule has 5 rings (SSSR count). The highest BCUT2D eigenvalue weighted by atomic mass is 16.3. The summed E-state index contributed by atoms with van der Waals surface area (Å²) in [6.07, 6.45) is 6.12. The number of hydrogen-bond donors (Lipinski definition) is 1. The minimum absolute atomic E-state index is 0.0899. The van der Waals surface area contributed by atoms with Gasteiger partial charge in [-0.2, -0.15) is 5.26 Å². The van der Waals surface area contributed by atoms with Crippen LogP contribution in [0.3, 0.4) is 0 Å². The summed E-state index contributed by atoms with van der Waals surface area (Å²) in [6.45, 7) is 1.63. The molecule has 6 heteroatoms. The molecule has 28 heavy (non-hydrogen) atoms. The van der Waals surface area contributed by atoms with E-state index < -0.39 is 0 Å². The summed E-state index contributed by atoms with van der Waals surface area (Å²) < 4.78 is 11.5. The standard InChI is InChI=1S/C22H18N4O2/c23-11-16-3-1-2-4-17(16)19-5-6-20(28-19)22-21-18(24-14-25-21)7-9-26(22)12-15-8-10-27-13-15/h1-6,8,10,13-14,22H,7,9,12H2,(H,24,25). The Bertz CT molecular complexity index is 1130. The molecule has 4 heterocycles. The second kappa shape index (κ2) is 6.87. The third-order valence-electron chi connectivity index (χ3n) is 5.20. The van der Waals surface area contributed by atoms with Gasteiger partial charge in [0.2, 0.25) is 0 Å².